The molecular formula is C21H37IN6O. The molecule has 2 atom stereocenters. The average Bonchev–Trinajstić information content (AvgIpc) is 2.71. The van der Waals surface area contributed by atoms with Crippen LogP contribution in [0.5, 0.6) is 0 Å². The number of aryl methyl sites for hydroxylation is 1. The van der Waals surface area contributed by atoms with Crippen LogP contribution in [0.3, 0.4) is 0 Å². The number of guanidine groups is 1. The first-order valence-electron chi connectivity index (χ1n) is 10.6. The van der Waals surface area contributed by atoms with Gasteiger partial charge < -0.3 is 20.3 Å². The Labute approximate surface area is 192 Å². The molecule has 3 heterocycles. The van der Waals surface area contributed by atoms with Gasteiger partial charge in [0.1, 0.15) is 5.82 Å². The second-order valence-electron chi connectivity index (χ2n) is 8.01. The van der Waals surface area contributed by atoms with E-state index in [0.29, 0.717) is 18.1 Å². The van der Waals surface area contributed by atoms with Crippen molar-refractivity contribution in [3.05, 3.63) is 23.9 Å². The number of morpholine rings is 1. The normalized spacial score (nSPS) is 22.7. The van der Waals surface area contributed by atoms with Gasteiger partial charge in [-0.15, -0.1) is 24.0 Å². The maximum absolute atomic E-state index is 5.55. The molecule has 3 rings (SSSR count). The van der Waals surface area contributed by atoms with Gasteiger partial charge >= 0.3 is 0 Å². The second kappa shape index (κ2) is 11.9. The predicted octanol–water partition coefficient (Wildman–Crippen LogP) is 2.25. The number of pyridine rings is 1. The molecule has 2 fully saturated rings. The summed E-state index contributed by atoms with van der Waals surface area (Å²) in [5, 5.41) is 7.12. The van der Waals surface area contributed by atoms with Crippen LogP contribution < -0.4 is 15.5 Å². The minimum absolute atomic E-state index is 0. The Morgan fingerprint density at radius 1 is 1.31 bits per heavy atom. The SMILES string of the molecule is CN=C(NCC(C)N1CCOCC1C)NC1CCN(c2cccc(C)n2)CC1.I. The number of aromatic nitrogens is 1. The first-order chi connectivity index (χ1) is 13.6. The van der Waals surface area contributed by atoms with E-state index in [1.165, 1.54) is 0 Å². The molecule has 2 aliphatic heterocycles. The standard InChI is InChI=1S/C21H36N6O.HI/c1-16-6-5-7-20(24-16)26-10-8-19(9-11-26)25-21(22-4)23-14-17(2)27-12-13-28-15-18(27)3;/h5-7,17-19H,8-15H2,1-4H3,(H2,22,23,25);1H. The van der Waals surface area contributed by atoms with Crippen LogP contribution in [0, 0.1) is 6.92 Å². The fraction of sp³-hybridized carbons (Fsp3) is 0.714. The van der Waals surface area contributed by atoms with Gasteiger partial charge in [-0.2, -0.15) is 0 Å². The van der Waals surface area contributed by atoms with Crippen LogP contribution >= 0.6 is 24.0 Å². The molecule has 0 aliphatic carbocycles. The number of rotatable bonds is 5. The van der Waals surface area contributed by atoms with E-state index >= 15 is 0 Å². The number of nitrogens with zero attached hydrogens (tertiary/aromatic N) is 4. The Bertz CT molecular complexity index is 650. The minimum Gasteiger partial charge on any atom is -0.379 e. The summed E-state index contributed by atoms with van der Waals surface area (Å²) >= 11 is 0. The average molecular weight is 516 g/mol. The van der Waals surface area contributed by atoms with E-state index in [4.69, 9.17) is 4.74 Å². The van der Waals surface area contributed by atoms with E-state index < -0.39 is 0 Å². The van der Waals surface area contributed by atoms with Crippen molar-refractivity contribution >= 4 is 35.8 Å². The van der Waals surface area contributed by atoms with E-state index in [9.17, 15) is 0 Å². The van der Waals surface area contributed by atoms with E-state index in [1.54, 1.807) is 0 Å². The summed E-state index contributed by atoms with van der Waals surface area (Å²) in [5.41, 5.74) is 1.08. The molecule has 0 amide bonds. The third-order valence-electron chi connectivity index (χ3n) is 5.81. The molecule has 0 bridgehead atoms. The Hall–Kier alpha value is -1.13. The first-order valence-corrected chi connectivity index (χ1v) is 10.6. The van der Waals surface area contributed by atoms with Crippen LogP contribution in [0.25, 0.3) is 0 Å². The van der Waals surface area contributed by atoms with Gasteiger partial charge in [0.05, 0.1) is 13.2 Å². The number of hydrogen-bond donors (Lipinski definition) is 2. The van der Waals surface area contributed by atoms with Gasteiger partial charge in [-0.25, -0.2) is 4.98 Å². The number of anilines is 1. The van der Waals surface area contributed by atoms with E-state index in [-0.39, 0.29) is 24.0 Å². The molecule has 7 nitrogen and oxygen atoms in total. The minimum atomic E-state index is 0. The maximum atomic E-state index is 5.55. The van der Waals surface area contributed by atoms with Gasteiger partial charge in [-0.05, 0) is 45.7 Å². The molecule has 8 heteroatoms. The lowest BCUT2D eigenvalue weighted by atomic mass is 10.1. The van der Waals surface area contributed by atoms with Gasteiger partial charge in [-0.1, -0.05) is 6.07 Å². The highest BCUT2D eigenvalue weighted by Gasteiger charge is 2.24. The lowest BCUT2D eigenvalue weighted by molar-refractivity contribution is -0.0174. The van der Waals surface area contributed by atoms with Gasteiger partial charge in [0.25, 0.3) is 0 Å². The van der Waals surface area contributed by atoms with Crippen molar-refractivity contribution in [2.75, 3.05) is 51.3 Å². The quantitative estimate of drug-likeness (QED) is 0.356. The Balaban J connectivity index is 0.00000300. The summed E-state index contributed by atoms with van der Waals surface area (Å²) in [6.07, 6.45) is 2.18. The molecule has 2 aliphatic rings. The van der Waals surface area contributed by atoms with Gasteiger partial charge in [0, 0.05) is 57.0 Å². The molecule has 2 N–H and O–H groups in total. The summed E-state index contributed by atoms with van der Waals surface area (Å²) in [4.78, 5) is 14.0. The summed E-state index contributed by atoms with van der Waals surface area (Å²) in [7, 11) is 1.85. The van der Waals surface area contributed by atoms with Crippen molar-refractivity contribution in [1.82, 2.24) is 20.5 Å². The largest absolute Gasteiger partial charge is 0.379 e. The van der Waals surface area contributed by atoms with Crippen molar-refractivity contribution < 1.29 is 4.74 Å². The van der Waals surface area contributed by atoms with Crippen molar-refractivity contribution in [1.29, 1.82) is 0 Å². The predicted molar refractivity (Wildman–Crippen MR) is 131 cm³/mol. The summed E-state index contributed by atoms with van der Waals surface area (Å²) in [6, 6.07) is 7.61. The lowest BCUT2D eigenvalue weighted by Gasteiger charge is -2.38. The third kappa shape index (κ3) is 6.96. The zero-order valence-corrected chi connectivity index (χ0v) is 20.6. The highest BCUT2D eigenvalue weighted by molar-refractivity contribution is 14.0. The molecule has 29 heavy (non-hydrogen) atoms. The fourth-order valence-electron chi connectivity index (χ4n) is 4.10. The molecular weight excluding hydrogens is 479 g/mol. The monoisotopic (exact) mass is 516 g/mol. The van der Waals surface area contributed by atoms with Gasteiger partial charge in [0.2, 0.25) is 0 Å². The van der Waals surface area contributed by atoms with Crippen LogP contribution in [-0.4, -0.2) is 80.4 Å². The molecule has 0 spiro atoms. The molecule has 0 radical (unpaired) electrons. The van der Waals surface area contributed by atoms with Crippen LogP contribution in [0.15, 0.2) is 23.2 Å². The number of nitrogens with one attached hydrogen (secondary N) is 2. The van der Waals surface area contributed by atoms with Crippen LogP contribution in [0.1, 0.15) is 32.4 Å². The second-order valence-corrected chi connectivity index (χ2v) is 8.01. The van der Waals surface area contributed by atoms with Crippen molar-refractivity contribution in [2.45, 2.75) is 51.7 Å². The maximum Gasteiger partial charge on any atom is 0.191 e. The molecule has 0 aromatic carbocycles. The Morgan fingerprint density at radius 3 is 2.72 bits per heavy atom. The van der Waals surface area contributed by atoms with E-state index in [0.717, 1.165) is 69.7 Å². The molecule has 1 aromatic heterocycles. The van der Waals surface area contributed by atoms with Gasteiger partial charge in [0.15, 0.2) is 5.96 Å². The van der Waals surface area contributed by atoms with Crippen LogP contribution in [0.2, 0.25) is 0 Å². The Kier molecular flexibility index (Phi) is 9.91. The van der Waals surface area contributed by atoms with Crippen LogP contribution in [-0.2, 0) is 4.74 Å². The highest BCUT2D eigenvalue weighted by Crippen LogP contribution is 2.18. The third-order valence-corrected chi connectivity index (χ3v) is 5.81. The number of ether oxygens (including phenoxy) is 1. The number of hydrogen-bond acceptors (Lipinski definition) is 5. The molecule has 0 saturated carbocycles. The number of halogens is 1. The fourth-order valence-corrected chi connectivity index (χ4v) is 4.10. The van der Waals surface area contributed by atoms with Crippen LogP contribution in [0.4, 0.5) is 5.82 Å². The Morgan fingerprint density at radius 2 is 2.07 bits per heavy atom. The first kappa shape index (κ1) is 24.1. The van der Waals surface area contributed by atoms with Crippen molar-refractivity contribution in [3.63, 3.8) is 0 Å². The lowest BCUT2D eigenvalue weighted by Crippen LogP contribution is -2.54. The summed E-state index contributed by atoms with van der Waals surface area (Å²) in [6.45, 7) is 12.1. The molecule has 2 unspecified atom stereocenters. The zero-order chi connectivity index (χ0) is 19.9. The number of piperidine rings is 1. The number of aliphatic imine (C=N–C) groups is 1. The molecule has 2 saturated heterocycles. The molecule has 164 valence electrons. The molecule has 1 aromatic rings. The highest BCUT2D eigenvalue weighted by atomic mass is 127. The van der Waals surface area contributed by atoms with Gasteiger partial charge in [-0.3, -0.25) is 9.89 Å². The van der Waals surface area contributed by atoms with E-state index in [2.05, 4.69) is 56.4 Å². The van der Waals surface area contributed by atoms with E-state index in [1.807, 2.05) is 20.0 Å². The van der Waals surface area contributed by atoms with Crippen molar-refractivity contribution in [3.8, 4) is 0 Å². The summed E-state index contributed by atoms with van der Waals surface area (Å²) in [5.74, 6) is 1.99. The van der Waals surface area contributed by atoms with Crippen molar-refractivity contribution in [2.24, 2.45) is 4.99 Å². The topological polar surface area (TPSA) is 65.0 Å². The summed E-state index contributed by atoms with van der Waals surface area (Å²) < 4.78 is 5.55. The smallest absolute Gasteiger partial charge is 0.191 e. The zero-order valence-electron chi connectivity index (χ0n) is 18.2.